The summed E-state index contributed by atoms with van der Waals surface area (Å²) < 4.78 is 31.7. The van der Waals surface area contributed by atoms with Crippen LogP contribution in [0.4, 0.5) is 29.7 Å². The summed E-state index contributed by atoms with van der Waals surface area (Å²) in [5.74, 6) is -2.88. The summed E-state index contributed by atoms with van der Waals surface area (Å²) in [4.78, 5) is 22.5. The number of amides is 1. The van der Waals surface area contributed by atoms with Gasteiger partial charge < -0.3 is 20.6 Å². The number of carboxylic acid groups (broad SMARTS) is 1. The monoisotopic (exact) mass is 555 g/mol. The lowest BCUT2D eigenvalue weighted by molar-refractivity contribution is -0.192. The van der Waals surface area contributed by atoms with Gasteiger partial charge in [0.05, 0.1) is 22.4 Å². The molecule has 15 heteroatoms. The van der Waals surface area contributed by atoms with Gasteiger partial charge in [0.1, 0.15) is 5.01 Å². The van der Waals surface area contributed by atoms with Crippen LogP contribution in [0.2, 0.25) is 5.02 Å². The number of halogens is 4. The van der Waals surface area contributed by atoms with E-state index in [1.54, 1.807) is 6.20 Å². The van der Waals surface area contributed by atoms with Gasteiger partial charge in [0.25, 0.3) is 0 Å². The number of benzene rings is 2. The van der Waals surface area contributed by atoms with Crippen LogP contribution in [0.15, 0.2) is 36.5 Å². The normalized spacial score (nSPS) is 11.2. The molecular formula is C22H21ClF3N7O3S. The molecule has 0 aliphatic heterocycles. The molecular weight excluding hydrogens is 535 g/mol. The number of aromatic nitrogens is 4. The number of carbonyl (C=O) groups is 2. The van der Waals surface area contributed by atoms with Gasteiger partial charge in [-0.3, -0.25) is 9.89 Å². The van der Waals surface area contributed by atoms with Crippen molar-refractivity contribution in [1.82, 2.24) is 25.3 Å². The highest BCUT2D eigenvalue weighted by Crippen LogP contribution is 2.35. The highest BCUT2D eigenvalue weighted by atomic mass is 35.5. The van der Waals surface area contributed by atoms with E-state index in [0.29, 0.717) is 10.2 Å². The van der Waals surface area contributed by atoms with Crippen molar-refractivity contribution in [3.8, 4) is 10.6 Å². The van der Waals surface area contributed by atoms with Gasteiger partial charge in [-0.1, -0.05) is 22.9 Å². The van der Waals surface area contributed by atoms with Crippen molar-refractivity contribution in [1.29, 1.82) is 0 Å². The number of carboxylic acids is 1. The van der Waals surface area contributed by atoms with Gasteiger partial charge in [0.15, 0.2) is 0 Å². The second-order valence-electron chi connectivity index (χ2n) is 7.94. The fourth-order valence-corrected chi connectivity index (χ4v) is 4.14. The number of H-pyrrole nitrogens is 1. The Morgan fingerprint density at radius 2 is 1.89 bits per heavy atom. The molecule has 0 spiro atoms. The molecule has 4 aromatic rings. The van der Waals surface area contributed by atoms with Crippen molar-refractivity contribution in [2.75, 3.05) is 24.7 Å². The Hall–Kier alpha value is -3.75. The van der Waals surface area contributed by atoms with E-state index in [9.17, 15) is 18.0 Å². The van der Waals surface area contributed by atoms with Crippen LogP contribution in [0.25, 0.3) is 21.5 Å². The van der Waals surface area contributed by atoms with Gasteiger partial charge in [0.2, 0.25) is 11.0 Å². The highest BCUT2D eigenvalue weighted by molar-refractivity contribution is 7.18. The van der Waals surface area contributed by atoms with Crippen LogP contribution in [0.3, 0.4) is 0 Å². The lowest BCUT2D eigenvalue weighted by Crippen LogP contribution is -2.21. The molecule has 2 aromatic carbocycles. The molecule has 0 atom stereocenters. The molecule has 0 radical (unpaired) electrons. The summed E-state index contributed by atoms with van der Waals surface area (Å²) in [6.45, 7) is 2.23. The number of nitrogens with one attached hydrogen (secondary N) is 3. The minimum atomic E-state index is -5.08. The van der Waals surface area contributed by atoms with Gasteiger partial charge in [-0.2, -0.15) is 18.3 Å². The Morgan fingerprint density at radius 3 is 2.51 bits per heavy atom. The van der Waals surface area contributed by atoms with E-state index >= 15 is 0 Å². The van der Waals surface area contributed by atoms with Gasteiger partial charge in [-0.05, 0) is 50.0 Å². The number of alkyl halides is 3. The molecule has 4 N–H and O–H groups in total. The quantitative estimate of drug-likeness (QED) is 0.257. The van der Waals surface area contributed by atoms with Crippen molar-refractivity contribution in [2.45, 2.75) is 19.6 Å². The van der Waals surface area contributed by atoms with E-state index in [1.165, 1.54) is 18.3 Å². The first-order valence-corrected chi connectivity index (χ1v) is 11.6. The average molecular weight is 556 g/mol. The van der Waals surface area contributed by atoms with Gasteiger partial charge in [-0.25, -0.2) is 4.79 Å². The number of fused-ring (bicyclic) bond motifs is 1. The van der Waals surface area contributed by atoms with Crippen LogP contribution in [0, 0.1) is 0 Å². The van der Waals surface area contributed by atoms with Gasteiger partial charge in [0, 0.05) is 30.1 Å². The number of hydrogen-bond donors (Lipinski definition) is 4. The maximum atomic E-state index is 11.5. The number of nitrogens with zero attached hydrogens (tertiary/aromatic N) is 4. The lowest BCUT2D eigenvalue weighted by atomic mass is 10.1. The Bertz CT molecular complexity index is 1420. The molecule has 2 aromatic heterocycles. The minimum absolute atomic E-state index is 0.119. The van der Waals surface area contributed by atoms with E-state index in [4.69, 9.17) is 21.5 Å². The number of anilines is 3. The van der Waals surface area contributed by atoms with Crippen LogP contribution >= 0.6 is 22.9 Å². The fraction of sp³-hybridized carbons (Fsp3) is 0.227. The molecule has 4 rings (SSSR count). The smallest absolute Gasteiger partial charge is 0.475 e. The first kappa shape index (κ1) is 27.8. The largest absolute Gasteiger partial charge is 0.490 e. The van der Waals surface area contributed by atoms with E-state index in [-0.39, 0.29) is 5.91 Å². The van der Waals surface area contributed by atoms with Crippen LogP contribution in [0.5, 0.6) is 0 Å². The van der Waals surface area contributed by atoms with Crippen LogP contribution < -0.4 is 10.6 Å². The summed E-state index contributed by atoms with van der Waals surface area (Å²) in [5.41, 5.74) is 4.29. The first-order valence-electron chi connectivity index (χ1n) is 10.4. The molecule has 2 heterocycles. The maximum absolute atomic E-state index is 11.5. The Labute approximate surface area is 217 Å². The second kappa shape index (κ2) is 11.5. The second-order valence-corrected chi connectivity index (χ2v) is 9.29. The molecule has 0 saturated heterocycles. The van der Waals surface area contributed by atoms with Crippen LogP contribution in [-0.2, 0) is 16.1 Å². The number of carbonyl (C=O) groups excluding carboxylic acids is 1. The molecule has 0 unspecified atom stereocenters. The SMILES string of the molecule is CC(=O)Nc1cc(CN(C)C)cc(-c2nnc(Nc3ccc4[nH]ncc4c3Cl)s2)c1.O=C(O)C(F)(F)F. The predicted octanol–water partition coefficient (Wildman–Crippen LogP) is 5.13. The van der Waals surface area contributed by atoms with Gasteiger partial charge >= 0.3 is 12.1 Å². The Balaban J connectivity index is 0.000000479. The summed E-state index contributed by atoms with van der Waals surface area (Å²) in [5, 5.41) is 31.5. The van der Waals surface area contributed by atoms with Crippen molar-refractivity contribution in [2.24, 2.45) is 0 Å². The number of aliphatic carboxylic acids is 1. The topological polar surface area (TPSA) is 136 Å². The van der Waals surface area contributed by atoms with Crippen LogP contribution in [0.1, 0.15) is 12.5 Å². The standard InChI is InChI=1S/C20H20ClN7OS.C2HF3O2/c1-11(29)23-14-7-12(10-28(2)3)6-13(8-14)19-26-27-20(30-19)24-17-5-4-16-15(18(17)21)9-22-25-16;3-2(4,5)1(6)7/h4-9H,10H2,1-3H3,(H,22,25)(H,23,29)(H,24,27);(H,6,7). The summed E-state index contributed by atoms with van der Waals surface area (Å²) in [7, 11) is 4.00. The lowest BCUT2D eigenvalue weighted by Gasteiger charge is -2.13. The third-order valence-corrected chi connectivity index (χ3v) is 5.82. The summed E-state index contributed by atoms with van der Waals surface area (Å²) in [6.07, 6.45) is -3.39. The highest BCUT2D eigenvalue weighted by Gasteiger charge is 2.38. The zero-order valence-corrected chi connectivity index (χ0v) is 21.2. The summed E-state index contributed by atoms with van der Waals surface area (Å²) in [6, 6.07) is 9.69. The zero-order chi connectivity index (χ0) is 27.3. The van der Waals surface area contributed by atoms with E-state index in [1.807, 2.05) is 38.4 Å². The van der Waals surface area contributed by atoms with Crippen molar-refractivity contribution in [3.05, 3.63) is 47.1 Å². The maximum Gasteiger partial charge on any atom is 0.490 e. The molecule has 0 aliphatic carbocycles. The van der Waals surface area contributed by atoms with E-state index in [0.717, 1.165) is 45.0 Å². The average Bonchev–Trinajstić information content (AvgIpc) is 3.44. The van der Waals surface area contributed by atoms with Crippen LogP contribution in [-0.4, -0.2) is 62.5 Å². The van der Waals surface area contributed by atoms with Crippen molar-refractivity contribution in [3.63, 3.8) is 0 Å². The van der Waals surface area contributed by atoms with E-state index in [2.05, 4.69) is 42.0 Å². The van der Waals surface area contributed by atoms with E-state index < -0.39 is 12.1 Å². The number of aromatic amines is 1. The molecule has 37 heavy (non-hydrogen) atoms. The molecule has 196 valence electrons. The van der Waals surface area contributed by atoms with Crippen molar-refractivity contribution >= 4 is 62.2 Å². The molecule has 0 saturated carbocycles. The molecule has 0 bridgehead atoms. The first-order chi connectivity index (χ1) is 17.3. The minimum Gasteiger partial charge on any atom is -0.475 e. The molecule has 1 amide bonds. The Morgan fingerprint density at radius 1 is 1.19 bits per heavy atom. The zero-order valence-electron chi connectivity index (χ0n) is 19.6. The fourth-order valence-electron chi connectivity index (χ4n) is 3.13. The third kappa shape index (κ3) is 7.62. The number of hydrogen-bond acceptors (Lipinski definition) is 8. The number of rotatable bonds is 6. The van der Waals surface area contributed by atoms with Crippen molar-refractivity contribution < 1.29 is 27.9 Å². The molecule has 0 fully saturated rings. The Kier molecular flexibility index (Phi) is 8.68. The molecule has 0 aliphatic rings. The van der Waals surface area contributed by atoms with Gasteiger partial charge in [-0.15, -0.1) is 10.2 Å². The molecule has 10 nitrogen and oxygen atoms in total. The predicted molar refractivity (Wildman–Crippen MR) is 135 cm³/mol. The third-order valence-electron chi connectivity index (χ3n) is 4.53. The summed E-state index contributed by atoms with van der Waals surface area (Å²) >= 11 is 7.89.